The fourth-order valence-electron chi connectivity index (χ4n) is 9.49. The molecule has 4 aromatic carbocycles. The SMILES string of the molecule is CO[C@@H]1[C@@H](O)[C@@H](OC)C(NC2=CC(=O)c3c(cc4c(c3O)C(=O)[C@]3(OC)[C@H](O)Cc5cc(C)c(CC(=O)Nc6ccc(-c7ccccc7)cc6)c(O)c5[C@]3(O)C4=O)C2=O)O[C@H]1C. The quantitative estimate of drug-likeness (QED) is 0.128. The summed E-state index contributed by atoms with van der Waals surface area (Å²) in [6.07, 6.45) is -6.99. The Balaban J connectivity index is 1.16. The van der Waals surface area contributed by atoms with E-state index in [1.807, 2.05) is 42.5 Å². The summed E-state index contributed by atoms with van der Waals surface area (Å²) in [6.45, 7) is 3.21. The standard InChI is InChI=1S/C46H44N2O14/c1-20-15-24-16-31(50)46(61-5)43(57)34-28(17-27-33(38(34)54)30(49)19-29(36(27)52)48-44-41(60-4)39(55)40(59-3)21(2)62-44)42(56)45(46,58)35(24)37(53)26(20)18-32(51)47-25-13-11-23(12-14-25)22-9-7-6-8-10-22/h6-15,17,19,21,31,39-41,44,48,50,53-55,58H,16,18H2,1-5H3,(H,47,51)/t21-,31+,39+,40-,41+,44?,45-,46+/m0/s1. The van der Waals surface area contributed by atoms with Crippen molar-refractivity contribution in [2.75, 3.05) is 26.6 Å². The molecule has 1 saturated heterocycles. The van der Waals surface area contributed by atoms with E-state index < -0.39 is 129 Å². The van der Waals surface area contributed by atoms with Crippen molar-refractivity contribution in [3.05, 3.63) is 123 Å². The number of ether oxygens (including phenoxy) is 4. The van der Waals surface area contributed by atoms with E-state index in [0.717, 1.165) is 30.4 Å². The van der Waals surface area contributed by atoms with Gasteiger partial charge in [-0.25, -0.2) is 0 Å². The van der Waals surface area contributed by atoms with Crippen molar-refractivity contribution >= 4 is 34.7 Å². The molecule has 1 amide bonds. The number of aliphatic hydroxyl groups is 3. The molecule has 3 aliphatic carbocycles. The second kappa shape index (κ2) is 15.7. The van der Waals surface area contributed by atoms with Gasteiger partial charge in [-0.15, -0.1) is 0 Å². The van der Waals surface area contributed by atoms with Crippen LogP contribution in [0.5, 0.6) is 11.5 Å². The third kappa shape index (κ3) is 6.20. The van der Waals surface area contributed by atoms with Crippen molar-refractivity contribution in [2.45, 2.75) is 74.6 Å². The van der Waals surface area contributed by atoms with E-state index in [-0.39, 0.29) is 16.8 Å². The summed E-state index contributed by atoms with van der Waals surface area (Å²) in [4.78, 5) is 71.1. The third-order valence-corrected chi connectivity index (χ3v) is 12.5. The first-order valence-corrected chi connectivity index (χ1v) is 19.8. The molecule has 0 saturated carbocycles. The number of amides is 1. The second-order valence-corrected chi connectivity index (χ2v) is 15.9. The number of carbonyl (C=O) groups excluding carboxylic acids is 5. The van der Waals surface area contributed by atoms with Crippen LogP contribution in [0.15, 0.2) is 78.5 Å². The molecule has 1 heterocycles. The number of Topliss-reactive ketones (excluding diaryl/α,β-unsaturated/α-hetero) is 3. The lowest BCUT2D eigenvalue weighted by atomic mass is 9.56. The monoisotopic (exact) mass is 848 g/mol. The van der Waals surface area contributed by atoms with E-state index in [9.17, 15) is 49.5 Å². The highest BCUT2D eigenvalue weighted by molar-refractivity contribution is 6.30. The Bertz CT molecular complexity index is 2590. The number of fused-ring (bicyclic) bond motifs is 5. The van der Waals surface area contributed by atoms with Crippen LogP contribution in [0.3, 0.4) is 0 Å². The number of allylic oxidation sites excluding steroid dienone is 2. The molecule has 7 N–H and O–H groups in total. The molecule has 0 aromatic heterocycles. The van der Waals surface area contributed by atoms with Gasteiger partial charge in [-0.2, -0.15) is 0 Å². The highest BCUT2D eigenvalue weighted by Crippen LogP contribution is 2.56. The highest BCUT2D eigenvalue weighted by atomic mass is 16.6. The van der Waals surface area contributed by atoms with Gasteiger partial charge in [0.05, 0.1) is 35.5 Å². The molecule has 0 bridgehead atoms. The van der Waals surface area contributed by atoms with Crippen LogP contribution in [0.2, 0.25) is 0 Å². The zero-order valence-corrected chi connectivity index (χ0v) is 34.2. The maximum atomic E-state index is 15.0. The largest absolute Gasteiger partial charge is 0.507 e. The number of hydrogen-bond donors (Lipinski definition) is 7. The predicted octanol–water partition coefficient (Wildman–Crippen LogP) is 2.81. The molecular formula is C46H44N2O14. The molecule has 1 fully saturated rings. The molecule has 322 valence electrons. The van der Waals surface area contributed by atoms with Crippen LogP contribution in [0.25, 0.3) is 11.1 Å². The molecular weight excluding hydrogens is 805 g/mol. The first-order valence-electron chi connectivity index (χ1n) is 19.8. The van der Waals surface area contributed by atoms with Crippen molar-refractivity contribution in [3.8, 4) is 22.6 Å². The summed E-state index contributed by atoms with van der Waals surface area (Å²) >= 11 is 0. The summed E-state index contributed by atoms with van der Waals surface area (Å²) in [5.41, 5.74) is -6.89. The smallest absolute Gasteiger partial charge is 0.228 e. The number of phenols is 2. The van der Waals surface area contributed by atoms with Gasteiger partial charge in [0.15, 0.2) is 23.2 Å². The van der Waals surface area contributed by atoms with Gasteiger partial charge in [0.25, 0.3) is 0 Å². The number of nitrogens with one attached hydrogen (secondary N) is 2. The predicted molar refractivity (Wildman–Crippen MR) is 219 cm³/mol. The lowest BCUT2D eigenvalue weighted by Gasteiger charge is -2.53. The minimum atomic E-state index is -3.21. The number of ketones is 4. The van der Waals surface area contributed by atoms with Crippen LogP contribution in [0.4, 0.5) is 5.69 Å². The Morgan fingerprint density at radius 2 is 1.52 bits per heavy atom. The average molecular weight is 849 g/mol. The number of carbonyl (C=O) groups is 5. The van der Waals surface area contributed by atoms with Gasteiger partial charge in [-0.1, -0.05) is 48.5 Å². The third-order valence-electron chi connectivity index (χ3n) is 12.5. The normalized spacial score (nSPS) is 27.7. The Morgan fingerprint density at radius 1 is 0.855 bits per heavy atom. The maximum absolute atomic E-state index is 15.0. The van der Waals surface area contributed by atoms with Gasteiger partial charge >= 0.3 is 0 Å². The summed E-state index contributed by atoms with van der Waals surface area (Å²) in [5.74, 6) is -6.92. The van der Waals surface area contributed by atoms with Gasteiger partial charge in [-0.05, 0) is 54.3 Å². The molecule has 4 aromatic rings. The van der Waals surface area contributed by atoms with Crippen LogP contribution in [0.1, 0.15) is 70.6 Å². The topological polar surface area (TPSA) is 247 Å². The van der Waals surface area contributed by atoms with Crippen LogP contribution < -0.4 is 10.6 Å². The molecule has 8 atom stereocenters. The maximum Gasteiger partial charge on any atom is 0.228 e. The molecule has 0 spiro atoms. The summed E-state index contributed by atoms with van der Waals surface area (Å²) in [6, 6.07) is 19.1. The van der Waals surface area contributed by atoms with E-state index >= 15 is 0 Å². The minimum Gasteiger partial charge on any atom is -0.507 e. The molecule has 4 aliphatic rings. The molecule has 1 unspecified atom stereocenters. The van der Waals surface area contributed by atoms with E-state index in [1.54, 1.807) is 26.0 Å². The number of methoxy groups -OCH3 is 3. The van der Waals surface area contributed by atoms with Gasteiger partial charge in [0.2, 0.25) is 23.3 Å². The van der Waals surface area contributed by atoms with Crippen LogP contribution in [-0.4, -0.2) is 118 Å². The number of rotatable bonds is 9. The number of benzene rings is 4. The number of hydrogen-bond acceptors (Lipinski definition) is 15. The van der Waals surface area contributed by atoms with Crippen molar-refractivity contribution in [1.82, 2.24) is 5.32 Å². The van der Waals surface area contributed by atoms with E-state index in [1.165, 1.54) is 20.3 Å². The lowest BCUT2D eigenvalue weighted by molar-refractivity contribution is -0.236. The number of aromatic hydroxyl groups is 2. The van der Waals surface area contributed by atoms with Crippen LogP contribution >= 0.6 is 0 Å². The van der Waals surface area contributed by atoms with Crippen LogP contribution in [-0.2, 0) is 42.2 Å². The van der Waals surface area contributed by atoms with Gasteiger partial charge in [-0.3, -0.25) is 24.0 Å². The molecule has 1 aliphatic heterocycles. The fraction of sp³-hybridized carbons (Fsp3) is 0.326. The molecule has 8 rings (SSSR count). The van der Waals surface area contributed by atoms with E-state index in [2.05, 4.69) is 10.6 Å². The molecule has 16 nitrogen and oxygen atoms in total. The number of aryl methyl sites for hydroxylation is 1. The van der Waals surface area contributed by atoms with Crippen molar-refractivity contribution in [1.29, 1.82) is 0 Å². The summed E-state index contributed by atoms with van der Waals surface area (Å²) < 4.78 is 22.3. The Morgan fingerprint density at radius 3 is 2.16 bits per heavy atom. The van der Waals surface area contributed by atoms with Crippen LogP contribution in [0, 0.1) is 6.92 Å². The Hall–Kier alpha value is -6.11. The molecule has 0 radical (unpaired) electrons. The number of anilines is 1. The molecule has 16 heteroatoms. The Labute approximate surface area is 354 Å². The average Bonchev–Trinajstić information content (AvgIpc) is 3.24. The first-order chi connectivity index (χ1) is 29.5. The lowest BCUT2D eigenvalue weighted by Crippen LogP contribution is -2.73. The van der Waals surface area contributed by atoms with Crippen molar-refractivity contribution < 1.29 is 68.5 Å². The molecule has 62 heavy (non-hydrogen) atoms. The van der Waals surface area contributed by atoms with Gasteiger partial charge in [0, 0.05) is 61.8 Å². The minimum absolute atomic E-state index is 0.00603. The van der Waals surface area contributed by atoms with Gasteiger partial charge < -0.3 is 55.1 Å². The summed E-state index contributed by atoms with van der Waals surface area (Å²) in [5, 5.41) is 64.7. The zero-order valence-electron chi connectivity index (χ0n) is 34.2. The van der Waals surface area contributed by atoms with Crippen molar-refractivity contribution in [3.63, 3.8) is 0 Å². The van der Waals surface area contributed by atoms with E-state index in [0.29, 0.717) is 11.3 Å². The summed E-state index contributed by atoms with van der Waals surface area (Å²) in [7, 11) is 3.63. The number of aliphatic hydroxyl groups excluding tert-OH is 2. The number of phenolic OH excluding ortho intramolecular Hbond substituents is 2. The second-order valence-electron chi connectivity index (χ2n) is 15.9. The van der Waals surface area contributed by atoms with Gasteiger partial charge in [0.1, 0.15) is 29.8 Å². The highest BCUT2D eigenvalue weighted by Gasteiger charge is 2.72. The van der Waals surface area contributed by atoms with E-state index in [4.69, 9.17) is 18.9 Å². The van der Waals surface area contributed by atoms with Crippen molar-refractivity contribution in [2.24, 2.45) is 0 Å². The first kappa shape index (κ1) is 42.6. The zero-order chi connectivity index (χ0) is 44.6. The Kier molecular flexibility index (Phi) is 10.8. The fourth-order valence-corrected chi connectivity index (χ4v) is 9.49.